The Bertz CT molecular complexity index is 849. The standard InChI is InChI=1S/C15H15N3O4S/c16-23(20,21)13-6-3-10(4-7-13)14-8-5-12(22-14)9-17-18-15(19)11-1-2-11/h3-9,11H,1-2H2,(H,18,19)(H2,16,20,21)/b17-9-. The summed E-state index contributed by atoms with van der Waals surface area (Å²) >= 11 is 0. The molecule has 120 valence electrons. The first kappa shape index (κ1) is 15.4. The number of carbonyl (C=O) groups excluding carboxylic acids is 1. The quantitative estimate of drug-likeness (QED) is 0.636. The molecule has 1 aromatic heterocycles. The van der Waals surface area contributed by atoms with Crippen molar-refractivity contribution in [3.8, 4) is 11.3 Å². The van der Waals surface area contributed by atoms with Gasteiger partial charge in [-0.15, -0.1) is 0 Å². The highest BCUT2D eigenvalue weighted by atomic mass is 32.2. The van der Waals surface area contributed by atoms with E-state index < -0.39 is 10.0 Å². The molecule has 3 N–H and O–H groups in total. The number of primary sulfonamides is 1. The number of nitrogens with two attached hydrogens (primary N) is 1. The lowest BCUT2D eigenvalue weighted by Gasteiger charge is -2.00. The van der Waals surface area contributed by atoms with Gasteiger partial charge in [-0.05, 0) is 49.2 Å². The molecule has 0 atom stereocenters. The lowest BCUT2D eigenvalue weighted by atomic mass is 10.2. The van der Waals surface area contributed by atoms with Crippen molar-refractivity contribution in [1.82, 2.24) is 5.43 Å². The first-order valence-electron chi connectivity index (χ1n) is 6.99. The predicted octanol–water partition coefficient (Wildman–Crippen LogP) is 1.45. The molecular formula is C15H15N3O4S. The van der Waals surface area contributed by atoms with Crippen LogP contribution < -0.4 is 10.6 Å². The van der Waals surface area contributed by atoms with Gasteiger partial charge in [-0.1, -0.05) is 0 Å². The Morgan fingerprint density at radius 2 is 1.91 bits per heavy atom. The number of amides is 1. The van der Waals surface area contributed by atoms with E-state index in [2.05, 4.69) is 10.5 Å². The molecule has 1 aliphatic rings. The summed E-state index contributed by atoms with van der Waals surface area (Å²) in [5.74, 6) is 1.05. The van der Waals surface area contributed by atoms with Crippen molar-refractivity contribution < 1.29 is 17.6 Å². The molecular weight excluding hydrogens is 318 g/mol. The van der Waals surface area contributed by atoms with Gasteiger partial charge in [0.2, 0.25) is 15.9 Å². The van der Waals surface area contributed by atoms with Gasteiger partial charge in [0.05, 0.1) is 11.1 Å². The first-order valence-corrected chi connectivity index (χ1v) is 8.54. The molecule has 0 unspecified atom stereocenters. The number of furan rings is 1. The zero-order chi connectivity index (χ0) is 16.4. The highest BCUT2D eigenvalue weighted by Crippen LogP contribution is 2.28. The first-order chi connectivity index (χ1) is 10.9. The number of hydrogen-bond donors (Lipinski definition) is 2. The molecule has 1 heterocycles. The van der Waals surface area contributed by atoms with Crippen LogP contribution in [0.15, 0.2) is 50.8 Å². The Balaban J connectivity index is 1.68. The van der Waals surface area contributed by atoms with Crippen LogP contribution in [0.3, 0.4) is 0 Å². The zero-order valence-electron chi connectivity index (χ0n) is 12.1. The highest BCUT2D eigenvalue weighted by Gasteiger charge is 2.29. The van der Waals surface area contributed by atoms with Crippen molar-refractivity contribution in [3.05, 3.63) is 42.2 Å². The van der Waals surface area contributed by atoms with Gasteiger partial charge in [-0.2, -0.15) is 5.10 Å². The Kier molecular flexibility index (Phi) is 4.01. The Hall–Kier alpha value is -2.45. The van der Waals surface area contributed by atoms with E-state index in [-0.39, 0.29) is 16.7 Å². The molecule has 1 saturated carbocycles. The summed E-state index contributed by atoms with van der Waals surface area (Å²) in [6.45, 7) is 0. The minimum absolute atomic E-state index is 0.0392. The van der Waals surface area contributed by atoms with Crippen molar-refractivity contribution in [1.29, 1.82) is 0 Å². The predicted molar refractivity (Wildman–Crippen MR) is 84.0 cm³/mol. The Morgan fingerprint density at radius 1 is 1.22 bits per heavy atom. The van der Waals surface area contributed by atoms with Crippen LogP contribution in [0.4, 0.5) is 0 Å². The number of hydrazone groups is 1. The zero-order valence-corrected chi connectivity index (χ0v) is 12.9. The molecule has 1 aromatic carbocycles. The van der Waals surface area contributed by atoms with Crippen LogP contribution >= 0.6 is 0 Å². The third-order valence-corrected chi connectivity index (χ3v) is 4.34. The van der Waals surface area contributed by atoms with E-state index in [4.69, 9.17) is 9.56 Å². The molecule has 0 aliphatic heterocycles. The van der Waals surface area contributed by atoms with Gasteiger partial charge < -0.3 is 4.42 Å². The molecule has 2 aromatic rings. The summed E-state index contributed by atoms with van der Waals surface area (Å²) < 4.78 is 28.0. The SMILES string of the molecule is NS(=O)(=O)c1ccc(-c2ccc(/C=N\NC(=O)C3CC3)o2)cc1. The molecule has 0 spiro atoms. The van der Waals surface area contributed by atoms with Crippen molar-refractivity contribution in [2.75, 3.05) is 0 Å². The largest absolute Gasteiger partial charge is 0.455 e. The molecule has 23 heavy (non-hydrogen) atoms. The van der Waals surface area contributed by atoms with E-state index in [1.807, 2.05) is 0 Å². The Labute approximate surface area is 133 Å². The van der Waals surface area contributed by atoms with Crippen LogP contribution in [-0.2, 0) is 14.8 Å². The second kappa shape index (κ2) is 5.98. The minimum atomic E-state index is -3.71. The van der Waals surface area contributed by atoms with Crippen molar-refractivity contribution in [3.63, 3.8) is 0 Å². The maximum absolute atomic E-state index is 11.4. The van der Waals surface area contributed by atoms with E-state index in [9.17, 15) is 13.2 Å². The molecule has 0 saturated heterocycles. The van der Waals surface area contributed by atoms with Crippen molar-refractivity contribution in [2.24, 2.45) is 16.2 Å². The molecule has 7 nitrogen and oxygen atoms in total. The molecule has 3 rings (SSSR count). The van der Waals surface area contributed by atoms with Gasteiger partial charge in [-0.25, -0.2) is 19.0 Å². The lowest BCUT2D eigenvalue weighted by Crippen LogP contribution is -2.18. The number of carbonyl (C=O) groups is 1. The van der Waals surface area contributed by atoms with Crippen molar-refractivity contribution in [2.45, 2.75) is 17.7 Å². The number of hydrogen-bond acceptors (Lipinski definition) is 5. The van der Waals surface area contributed by atoms with E-state index in [0.717, 1.165) is 12.8 Å². The van der Waals surface area contributed by atoms with E-state index in [0.29, 0.717) is 17.1 Å². The molecule has 0 bridgehead atoms. The van der Waals surface area contributed by atoms with Gasteiger partial charge in [0, 0.05) is 11.5 Å². The fourth-order valence-electron chi connectivity index (χ4n) is 1.98. The van der Waals surface area contributed by atoms with Gasteiger partial charge in [0.1, 0.15) is 11.5 Å². The van der Waals surface area contributed by atoms with Crippen molar-refractivity contribution >= 4 is 22.1 Å². The summed E-state index contributed by atoms with van der Waals surface area (Å²) in [7, 11) is -3.71. The second-order valence-corrected chi connectivity index (χ2v) is 6.84. The average molecular weight is 333 g/mol. The molecule has 1 fully saturated rings. The number of sulfonamides is 1. The van der Waals surface area contributed by atoms with Gasteiger partial charge in [-0.3, -0.25) is 4.79 Å². The monoisotopic (exact) mass is 333 g/mol. The molecule has 8 heteroatoms. The maximum Gasteiger partial charge on any atom is 0.243 e. The van der Waals surface area contributed by atoms with Gasteiger partial charge >= 0.3 is 0 Å². The van der Waals surface area contributed by atoms with Crippen LogP contribution in [0.5, 0.6) is 0 Å². The molecule has 1 aliphatic carbocycles. The maximum atomic E-state index is 11.4. The Morgan fingerprint density at radius 3 is 2.52 bits per heavy atom. The average Bonchev–Trinajstić information content (AvgIpc) is 3.26. The number of benzene rings is 1. The summed E-state index contributed by atoms with van der Waals surface area (Å²) in [5, 5.41) is 8.89. The topological polar surface area (TPSA) is 115 Å². The number of nitrogens with zero attached hydrogens (tertiary/aromatic N) is 1. The van der Waals surface area contributed by atoms with Gasteiger partial charge in [0.25, 0.3) is 0 Å². The third-order valence-electron chi connectivity index (χ3n) is 3.41. The van der Waals surface area contributed by atoms with Crippen LogP contribution in [0, 0.1) is 5.92 Å². The fraction of sp³-hybridized carbons (Fsp3) is 0.200. The molecule has 1 amide bonds. The minimum Gasteiger partial charge on any atom is -0.455 e. The van der Waals surface area contributed by atoms with Crippen LogP contribution in [0.25, 0.3) is 11.3 Å². The second-order valence-electron chi connectivity index (χ2n) is 5.28. The summed E-state index contributed by atoms with van der Waals surface area (Å²) in [5.41, 5.74) is 3.16. The summed E-state index contributed by atoms with van der Waals surface area (Å²) in [6.07, 6.45) is 3.25. The van der Waals surface area contributed by atoms with E-state index in [1.165, 1.54) is 18.3 Å². The van der Waals surface area contributed by atoms with Crippen LogP contribution in [-0.4, -0.2) is 20.5 Å². The summed E-state index contributed by atoms with van der Waals surface area (Å²) in [6, 6.07) is 9.47. The van der Waals surface area contributed by atoms with Crippen LogP contribution in [0.1, 0.15) is 18.6 Å². The highest BCUT2D eigenvalue weighted by molar-refractivity contribution is 7.89. The number of rotatable bonds is 5. The number of nitrogens with one attached hydrogen (secondary N) is 1. The normalized spacial score (nSPS) is 15.0. The third kappa shape index (κ3) is 3.85. The van der Waals surface area contributed by atoms with E-state index in [1.54, 1.807) is 24.3 Å². The summed E-state index contributed by atoms with van der Waals surface area (Å²) in [4.78, 5) is 11.5. The van der Waals surface area contributed by atoms with E-state index >= 15 is 0 Å². The fourth-order valence-corrected chi connectivity index (χ4v) is 2.50. The van der Waals surface area contributed by atoms with Gasteiger partial charge in [0.15, 0.2) is 0 Å². The smallest absolute Gasteiger partial charge is 0.243 e. The lowest BCUT2D eigenvalue weighted by molar-refractivity contribution is -0.122. The van der Waals surface area contributed by atoms with Crippen LogP contribution in [0.2, 0.25) is 0 Å². The molecule has 0 radical (unpaired) electrons.